The van der Waals surface area contributed by atoms with Crippen molar-refractivity contribution in [3.8, 4) is 0 Å². The van der Waals surface area contributed by atoms with Gasteiger partial charge in [0.25, 0.3) is 10.0 Å². The summed E-state index contributed by atoms with van der Waals surface area (Å²) in [6.45, 7) is 5.21. The summed E-state index contributed by atoms with van der Waals surface area (Å²) in [7, 11) is -3.94. The molecule has 1 saturated heterocycles. The molecule has 1 heterocycles. The average Bonchev–Trinajstić information content (AvgIpc) is 2.88. The van der Waals surface area contributed by atoms with E-state index < -0.39 is 10.0 Å². The molecule has 0 spiro atoms. The van der Waals surface area contributed by atoms with Crippen molar-refractivity contribution in [1.82, 2.24) is 5.32 Å². The second kappa shape index (κ2) is 10.6. The van der Waals surface area contributed by atoms with E-state index in [2.05, 4.69) is 17.4 Å². The van der Waals surface area contributed by atoms with Crippen LogP contribution in [0.5, 0.6) is 0 Å². The van der Waals surface area contributed by atoms with Gasteiger partial charge in [0, 0.05) is 25.2 Å². The first-order valence-corrected chi connectivity index (χ1v) is 13.3. The number of sulfonamides is 1. The molecule has 7 heteroatoms. The third-order valence-corrected chi connectivity index (χ3v) is 8.47. The molecule has 1 amide bonds. The number of carbonyl (C=O) groups excluding carboxylic acids is 1. The zero-order valence-corrected chi connectivity index (χ0v) is 21.1. The fourth-order valence-electron chi connectivity index (χ4n) is 4.44. The summed E-state index contributed by atoms with van der Waals surface area (Å²) in [6.07, 6.45) is 1.58. The van der Waals surface area contributed by atoms with Gasteiger partial charge in [0.1, 0.15) is 6.54 Å². The van der Waals surface area contributed by atoms with Gasteiger partial charge in [0.2, 0.25) is 5.91 Å². The highest BCUT2D eigenvalue weighted by atomic mass is 32.2. The molecule has 1 aliphatic rings. The highest BCUT2D eigenvalue weighted by molar-refractivity contribution is 7.92. The molecule has 1 N–H and O–H groups in total. The van der Waals surface area contributed by atoms with Crippen LogP contribution in [0, 0.1) is 13.8 Å². The Morgan fingerprint density at radius 2 is 1.46 bits per heavy atom. The standard InChI is InChI=1S/C28H32N2O4S/c1-22-8-12-25(13-9-22)30(35(32,33)26-14-10-23(2)11-15-26)20-27(31)29-21-28(16-18-34-19-17-28)24-6-4-3-5-7-24/h3-15H,16-21H2,1-2H3,(H,29,31). The molecule has 0 aliphatic carbocycles. The number of ether oxygens (including phenoxy) is 1. The second-order valence-corrected chi connectivity index (χ2v) is 11.1. The van der Waals surface area contributed by atoms with Gasteiger partial charge in [-0.15, -0.1) is 0 Å². The molecule has 184 valence electrons. The molecule has 0 aromatic heterocycles. The van der Waals surface area contributed by atoms with Crippen LogP contribution >= 0.6 is 0 Å². The first kappa shape index (κ1) is 24.9. The first-order valence-electron chi connectivity index (χ1n) is 11.9. The van der Waals surface area contributed by atoms with Crippen LogP contribution in [0.3, 0.4) is 0 Å². The van der Waals surface area contributed by atoms with E-state index in [1.807, 2.05) is 44.2 Å². The Balaban J connectivity index is 1.57. The predicted molar refractivity (Wildman–Crippen MR) is 138 cm³/mol. The van der Waals surface area contributed by atoms with Gasteiger partial charge < -0.3 is 10.1 Å². The molecular formula is C28H32N2O4S. The summed E-state index contributed by atoms with van der Waals surface area (Å²) in [5.74, 6) is -0.344. The van der Waals surface area contributed by atoms with Crippen molar-refractivity contribution in [1.29, 1.82) is 0 Å². The van der Waals surface area contributed by atoms with Gasteiger partial charge in [-0.3, -0.25) is 9.10 Å². The largest absolute Gasteiger partial charge is 0.381 e. The van der Waals surface area contributed by atoms with E-state index in [0.29, 0.717) is 25.4 Å². The van der Waals surface area contributed by atoms with E-state index in [4.69, 9.17) is 4.74 Å². The van der Waals surface area contributed by atoms with Crippen molar-refractivity contribution in [2.75, 3.05) is 30.6 Å². The van der Waals surface area contributed by atoms with Crippen LogP contribution in [0.2, 0.25) is 0 Å². The number of anilines is 1. The summed E-state index contributed by atoms with van der Waals surface area (Å²) in [5.41, 5.74) is 3.35. The highest BCUT2D eigenvalue weighted by Gasteiger charge is 2.35. The van der Waals surface area contributed by atoms with Crippen LogP contribution < -0.4 is 9.62 Å². The van der Waals surface area contributed by atoms with Gasteiger partial charge in [0.15, 0.2) is 0 Å². The molecule has 1 fully saturated rings. The van der Waals surface area contributed by atoms with Crippen molar-refractivity contribution in [3.63, 3.8) is 0 Å². The monoisotopic (exact) mass is 492 g/mol. The number of aryl methyl sites for hydroxylation is 2. The lowest BCUT2D eigenvalue weighted by atomic mass is 9.74. The van der Waals surface area contributed by atoms with Gasteiger partial charge >= 0.3 is 0 Å². The van der Waals surface area contributed by atoms with Gasteiger partial charge in [0.05, 0.1) is 10.6 Å². The van der Waals surface area contributed by atoms with Crippen LogP contribution in [0.25, 0.3) is 0 Å². The van der Waals surface area contributed by atoms with Crippen LogP contribution in [-0.2, 0) is 25.0 Å². The molecule has 4 rings (SSSR count). The Bertz CT molecular complexity index is 1230. The Labute approximate surface area is 208 Å². The summed E-state index contributed by atoms with van der Waals surface area (Å²) >= 11 is 0. The third-order valence-electron chi connectivity index (χ3n) is 6.68. The van der Waals surface area contributed by atoms with Gasteiger partial charge in [-0.2, -0.15) is 0 Å². The number of nitrogens with zero attached hydrogens (tertiary/aromatic N) is 1. The van der Waals surface area contributed by atoms with Crippen molar-refractivity contribution in [3.05, 3.63) is 95.6 Å². The van der Waals surface area contributed by atoms with E-state index in [9.17, 15) is 13.2 Å². The molecule has 0 unspecified atom stereocenters. The zero-order valence-electron chi connectivity index (χ0n) is 20.2. The van der Waals surface area contributed by atoms with E-state index in [1.54, 1.807) is 36.4 Å². The minimum Gasteiger partial charge on any atom is -0.381 e. The average molecular weight is 493 g/mol. The second-order valence-electron chi connectivity index (χ2n) is 9.20. The summed E-state index contributed by atoms with van der Waals surface area (Å²) in [4.78, 5) is 13.3. The number of carbonyl (C=O) groups is 1. The fourth-order valence-corrected chi connectivity index (χ4v) is 5.86. The summed E-state index contributed by atoms with van der Waals surface area (Å²) in [6, 6.07) is 24.0. The molecule has 3 aromatic carbocycles. The predicted octanol–water partition coefficient (Wildman–Crippen LogP) is 4.36. The number of benzene rings is 3. The lowest BCUT2D eigenvalue weighted by Gasteiger charge is -2.38. The SMILES string of the molecule is Cc1ccc(N(CC(=O)NCC2(c3ccccc3)CCOCC2)S(=O)(=O)c2ccc(C)cc2)cc1. The summed E-state index contributed by atoms with van der Waals surface area (Å²) < 4.78 is 33.9. The lowest BCUT2D eigenvalue weighted by Crippen LogP contribution is -2.48. The van der Waals surface area contributed by atoms with Gasteiger partial charge in [-0.05, 0) is 56.5 Å². The van der Waals surface area contributed by atoms with E-state index in [1.165, 1.54) is 4.31 Å². The minimum atomic E-state index is -3.94. The molecule has 0 radical (unpaired) electrons. The summed E-state index contributed by atoms with van der Waals surface area (Å²) in [5, 5.41) is 3.04. The van der Waals surface area contributed by atoms with Crippen LogP contribution in [0.4, 0.5) is 5.69 Å². The fraction of sp³-hybridized carbons (Fsp3) is 0.321. The number of nitrogens with one attached hydrogen (secondary N) is 1. The minimum absolute atomic E-state index is 0.154. The molecule has 0 bridgehead atoms. The molecule has 1 aliphatic heterocycles. The molecule has 0 atom stereocenters. The van der Waals surface area contributed by atoms with Crippen molar-refractivity contribution in [2.24, 2.45) is 0 Å². The van der Waals surface area contributed by atoms with Crippen LogP contribution in [0.1, 0.15) is 29.5 Å². The molecule has 3 aromatic rings. The maximum absolute atomic E-state index is 13.6. The number of hydrogen-bond donors (Lipinski definition) is 1. The Kier molecular flexibility index (Phi) is 7.57. The van der Waals surface area contributed by atoms with Gasteiger partial charge in [-0.25, -0.2) is 8.42 Å². The van der Waals surface area contributed by atoms with E-state index >= 15 is 0 Å². The maximum Gasteiger partial charge on any atom is 0.264 e. The van der Waals surface area contributed by atoms with Crippen molar-refractivity contribution < 1.29 is 17.9 Å². The Morgan fingerprint density at radius 3 is 2.06 bits per heavy atom. The smallest absolute Gasteiger partial charge is 0.264 e. The quantitative estimate of drug-likeness (QED) is 0.507. The normalized spacial score (nSPS) is 15.4. The molecule has 6 nitrogen and oxygen atoms in total. The topological polar surface area (TPSA) is 75.7 Å². The van der Waals surface area contributed by atoms with Crippen molar-refractivity contribution >= 4 is 21.6 Å². The number of hydrogen-bond acceptors (Lipinski definition) is 4. The van der Waals surface area contributed by atoms with Crippen LogP contribution in [-0.4, -0.2) is 40.6 Å². The van der Waals surface area contributed by atoms with E-state index in [-0.39, 0.29) is 22.8 Å². The zero-order chi connectivity index (χ0) is 24.9. The van der Waals surface area contributed by atoms with Crippen LogP contribution in [0.15, 0.2) is 83.8 Å². The third kappa shape index (κ3) is 5.74. The highest BCUT2D eigenvalue weighted by Crippen LogP contribution is 2.34. The van der Waals surface area contributed by atoms with E-state index in [0.717, 1.165) is 29.5 Å². The number of rotatable bonds is 8. The van der Waals surface area contributed by atoms with Gasteiger partial charge in [-0.1, -0.05) is 65.7 Å². The molecule has 35 heavy (non-hydrogen) atoms. The van der Waals surface area contributed by atoms with Crippen molar-refractivity contribution in [2.45, 2.75) is 37.0 Å². The first-order chi connectivity index (χ1) is 16.8. The number of amides is 1. The Hall–Kier alpha value is -3.16. The Morgan fingerprint density at radius 1 is 0.886 bits per heavy atom. The maximum atomic E-state index is 13.6. The molecular weight excluding hydrogens is 460 g/mol. The lowest BCUT2D eigenvalue weighted by molar-refractivity contribution is -0.120. The molecule has 0 saturated carbocycles.